The zero-order valence-electron chi connectivity index (χ0n) is 13.3. The highest BCUT2D eigenvalue weighted by molar-refractivity contribution is 5.93. The van der Waals surface area contributed by atoms with Crippen LogP contribution in [0.15, 0.2) is 24.5 Å². The van der Waals surface area contributed by atoms with Crippen LogP contribution >= 0.6 is 0 Å². The normalized spacial score (nSPS) is 30.6. The van der Waals surface area contributed by atoms with Gasteiger partial charge in [0.15, 0.2) is 0 Å². The number of aromatic nitrogens is 1. The van der Waals surface area contributed by atoms with Gasteiger partial charge in [-0.2, -0.15) is 5.48 Å². The van der Waals surface area contributed by atoms with Gasteiger partial charge >= 0.3 is 0 Å². The third-order valence-corrected chi connectivity index (χ3v) is 5.03. The molecule has 124 valence electrons. The molecule has 0 aromatic carbocycles. The van der Waals surface area contributed by atoms with Crippen molar-refractivity contribution in [2.24, 2.45) is 11.8 Å². The van der Waals surface area contributed by atoms with Crippen LogP contribution in [0.25, 0.3) is 0 Å². The summed E-state index contributed by atoms with van der Waals surface area (Å²) in [5.74, 6) is 1.07. The predicted octanol–water partition coefficient (Wildman–Crippen LogP) is 1.48. The maximum atomic E-state index is 12.0. The van der Waals surface area contributed by atoms with Crippen molar-refractivity contribution in [1.82, 2.24) is 15.8 Å². The topological polar surface area (TPSA) is 80.3 Å². The van der Waals surface area contributed by atoms with Crippen LogP contribution in [-0.4, -0.2) is 35.4 Å². The number of nitrogens with zero attached hydrogens (tertiary/aromatic N) is 1. The Balaban J connectivity index is 1.47. The molecule has 6 heteroatoms. The first-order valence-corrected chi connectivity index (χ1v) is 8.26. The number of hydrogen-bond acceptors (Lipinski definition) is 5. The molecule has 0 radical (unpaired) electrons. The number of nitrogens with one attached hydrogen (secondary N) is 2. The van der Waals surface area contributed by atoms with Crippen LogP contribution in [0.1, 0.15) is 43.0 Å². The van der Waals surface area contributed by atoms with Crippen molar-refractivity contribution in [3.8, 4) is 0 Å². The lowest BCUT2D eigenvalue weighted by molar-refractivity contribution is -0.160. The highest BCUT2D eigenvalue weighted by atomic mass is 16.7. The van der Waals surface area contributed by atoms with Crippen LogP contribution in [0.2, 0.25) is 0 Å². The molecule has 1 saturated carbocycles. The fourth-order valence-electron chi connectivity index (χ4n) is 3.57. The van der Waals surface area contributed by atoms with Gasteiger partial charge in [-0.3, -0.25) is 19.4 Å². The van der Waals surface area contributed by atoms with Gasteiger partial charge in [-0.05, 0) is 36.8 Å². The summed E-state index contributed by atoms with van der Waals surface area (Å²) in [7, 11) is 0. The number of rotatable bonds is 4. The Hall–Kier alpha value is -1.79. The van der Waals surface area contributed by atoms with Crippen molar-refractivity contribution in [3.63, 3.8) is 0 Å². The second-order valence-corrected chi connectivity index (χ2v) is 6.47. The molecular formula is C17H23N3O3. The summed E-state index contributed by atoms with van der Waals surface area (Å²) >= 11 is 0. The summed E-state index contributed by atoms with van der Waals surface area (Å²) < 4.78 is 0. The zero-order valence-corrected chi connectivity index (χ0v) is 13.3. The Morgan fingerprint density at radius 1 is 1.43 bits per heavy atom. The molecule has 1 aliphatic heterocycles. The molecule has 1 aromatic rings. The number of carbonyl (C=O) groups excluding carboxylic acids is 2. The largest absolute Gasteiger partial charge is 0.352 e. The number of ketones is 1. The molecule has 23 heavy (non-hydrogen) atoms. The number of pyridine rings is 1. The average molecular weight is 317 g/mol. The molecule has 1 amide bonds. The van der Waals surface area contributed by atoms with Crippen molar-refractivity contribution < 1.29 is 14.4 Å². The third-order valence-electron chi connectivity index (χ3n) is 5.03. The fraction of sp³-hybridized carbons (Fsp3) is 0.588. The number of Topliss-reactive ketones (excluding diaryl/α,β-unsaturated/α-hetero) is 1. The van der Waals surface area contributed by atoms with E-state index in [9.17, 15) is 9.59 Å². The van der Waals surface area contributed by atoms with Gasteiger partial charge in [0.25, 0.3) is 5.91 Å². The molecular weight excluding hydrogens is 294 g/mol. The van der Waals surface area contributed by atoms with Gasteiger partial charge in [0.05, 0.1) is 6.10 Å². The standard InChI is InChI=1S/C17H23N3O3/c1-11-14-3-2-13(21)10-16(14)23-20-15(11)6-9-19-17(22)12-4-7-18-8-5-12/h4-5,7-8,11,14-16,20H,2-3,6,9-10H2,1H3,(H,19,22). The molecule has 0 bridgehead atoms. The summed E-state index contributed by atoms with van der Waals surface area (Å²) in [6, 6.07) is 3.59. The van der Waals surface area contributed by atoms with Crippen LogP contribution < -0.4 is 10.8 Å². The van der Waals surface area contributed by atoms with Gasteiger partial charge < -0.3 is 5.32 Å². The highest BCUT2D eigenvalue weighted by Crippen LogP contribution is 2.35. The summed E-state index contributed by atoms with van der Waals surface area (Å²) in [5.41, 5.74) is 3.71. The number of carbonyl (C=O) groups is 2. The van der Waals surface area contributed by atoms with E-state index in [1.807, 2.05) is 0 Å². The van der Waals surface area contributed by atoms with Crippen LogP contribution in [0.5, 0.6) is 0 Å². The Kier molecular flexibility index (Phi) is 5.03. The van der Waals surface area contributed by atoms with Crippen molar-refractivity contribution in [2.75, 3.05) is 6.54 Å². The molecule has 1 saturated heterocycles. The van der Waals surface area contributed by atoms with E-state index in [0.717, 1.165) is 12.8 Å². The lowest BCUT2D eigenvalue weighted by Gasteiger charge is -2.43. The minimum Gasteiger partial charge on any atom is -0.352 e. The van der Waals surface area contributed by atoms with E-state index in [1.54, 1.807) is 24.5 Å². The summed E-state index contributed by atoms with van der Waals surface area (Å²) in [6.07, 6.45) is 6.12. The van der Waals surface area contributed by atoms with E-state index < -0.39 is 0 Å². The van der Waals surface area contributed by atoms with E-state index in [4.69, 9.17) is 4.84 Å². The minimum absolute atomic E-state index is 0.00825. The smallest absolute Gasteiger partial charge is 0.251 e. The van der Waals surface area contributed by atoms with Gasteiger partial charge in [0.1, 0.15) is 5.78 Å². The van der Waals surface area contributed by atoms with Gasteiger partial charge in [-0.1, -0.05) is 6.92 Å². The van der Waals surface area contributed by atoms with E-state index in [2.05, 4.69) is 22.7 Å². The fourth-order valence-corrected chi connectivity index (χ4v) is 3.57. The second kappa shape index (κ2) is 7.19. The third kappa shape index (κ3) is 3.76. The number of amides is 1. The van der Waals surface area contributed by atoms with Crippen molar-refractivity contribution in [1.29, 1.82) is 0 Å². The van der Waals surface area contributed by atoms with E-state index in [-0.39, 0.29) is 18.1 Å². The molecule has 4 atom stereocenters. The SMILES string of the molecule is CC1C(CCNC(=O)c2ccncc2)NOC2CC(=O)CCC21. The van der Waals surface area contributed by atoms with Crippen LogP contribution in [0.4, 0.5) is 0 Å². The average Bonchev–Trinajstić information content (AvgIpc) is 2.57. The van der Waals surface area contributed by atoms with Gasteiger partial charge in [0.2, 0.25) is 0 Å². The molecule has 1 aliphatic carbocycles. The lowest BCUT2D eigenvalue weighted by atomic mass is 9.74. The van der Waals surface area contributed by atoms with E-state index in [1.165, 1.54) is 0 Å². The first-order valence-electron chi connectivity index (χ1n) is 8.26. The zero-order chi connectivity index (χ0) is 16.2. The molecule has 0 spiro atoms. The predicted molar refractivity (Wildman–Crippen MR) is 84.5 cm³/mol. The Morgan fingerprint density at radius 2 is 2.22 bits per heavy atom. The van der Waals surface area contributed by atoms with Gasteiger partial charge in [0, 0.05) is 43.4 Å². The lowest BCUT2D eigenvalue weighted by Crippen LogP contribution is -2.53. The molecule has 2 heterocycles. The second-order valence-electron chi connectivity index (χ2n) is 6.47. The monoisotopic (exact) mass is 317 g/mol. The number of fused-ring (bicyclic) bond motifs is 1. The Labute approximate surface area is 136 Å². The maximum absolute atomic E-state index is 12.0. The summed E-state index contributed by atoms with van der Waals surface area (Å²) in [5, 5.41) is 2.93. The highest BCUT2D eigenvalue weighted by Gasteiger charge is 2.40. The van der Waals surface area contributed by atoms with Gasteiger partial charge in [-0.25, -0.2) is 0 Å². The quantitative estimate of drug-likeness (QED) is 0.879. The molecule has 4 unspecified atom stereocenters. The summed E-state index contributed by atoms with van der Waals surface area (Å²) in [6.45, 7) is 2.79. The van der Waals surface area contributed by atoms with Crippen LogP contribution in [0, 0.1) is 11.8 Å². The molecule has 2 N–H and O–H groups in total. The Morgan fingerprint density at radius 3 is 3.00 bits per heavy atom. The number of hydroxylamine groups is 1. The first kappa shape index (κ1) is 16.1. The van der Waals surface area contributed by atoms with Crippen molar-refractivity contribution >= 4 is 11.7 Å². The molecule has 2 fully saturated rings. The first-order chi connectivity index (χ1) is 11.1. The van der Waals surface area contributed by atoms with Crippen LogP contribution in [0.3, 0.4) is 0 Å². The molecule has 2 aliphatic rings. The molecule has 6 nitrogen and oxygen atoms in total. The molecule has 3 rings (SSSR count). The maximum Gasteiger partial charge on any atom is 0.251 e. The van der Waals surface area contributed by atoms with Gasteiger partial charge in [-0.15, -0.1) is 0 Å². The number of hydrogen-bond donors (Lipinski definition) is 2. The van der Waals surface area contributed by atoms with Crippen LogP contribution in [-0.2, 0) is 9.63 Å². The Bertz CT molecular complexity index is 563. The van der Waals surface area contributed by atoms with E-state index >= 15 is 0 Å². The molecule has 1 aromatic heterocycles. The van der Waals surface area contributed by atoms with Crippen molar-refractivity contribution in [2.45, 2.75) is 44.8 Å². The summed E-state index contributed by atoms with van der Waals surface area (Å²) in [4.78, 5) is 33.1. The van der Waals surface area contributed by atoms with Crippen molar-refractivity contribution in [3.05, 3.63) is 30.1 Å². The minimum atomic E-state index is -0.0853. The van der Waals surface area contributed by atoms with E-state index in [0.29, 0.717) is 42.6 Å².